The maximum Gasteiger partial charge on any atom is 0.416 e. The predicted octanol–water partition coefficient (Wildman–Crippen LogP) is 8.55. The molecule has 4 fully saturated rings. The Morgan fingerprint density at radius 2 is 1.70 bits per heavy atom. The Kier molecular flexibility index (Phi) is 11.6. The van der Waals surface area contributed by atoms with Gasteiger partial charge in [0.2, 0.25) is 0 Å². The number of rotatable bonds is 14. The molecule has 1 saturated carbocycles. The minimum absolute atomic E-state index is 0.0574. The molecule has 1 amide bonds. The van der Waals surface area contributed by atoms with E-state index in [4.69, 9.17) is 42.1 Å². The van der Waals surface area contributed by atoms with Gasteiger partial charge in [-0.3, -0.25) is 14.8 Å². The van der Waals surface area contributed by atoms with Crippen molar-refractivity contribution in [1.82, 2.24) is 14.9 Å². The number of anilines is 1. The summed E-state index contributed by atoms with van der Waals surface area (Å²) >= 11 is 12.9. The quantitative estimate of drug-likeness (QED) is 0.117. The van der Waals surface area contributed by atoms with Crippen LogP contribution in [0, 0.1) is 11.8 Å². The van der Waals surface area contributed by atoms with Gasteiger partial charge in [-0.1, -0.05) is 47.5 Å². The lowest BCUT2D eigenvalue weighted by molar-refractivity contribution is -0.0515. The summed E-state index contributed by atoms with van der Waals surface area (Å²) in [6.07, 6.45) is 6.95. The molecule has 3 saturated heterocycles. The summed E-state index contributed by atoms with van der Waals surface area (Å²) in [6.45, 7) is 0.236. The van der Waals surface area contributed by atoms with Gasteiger partial charge in [-0.25, -0.2) is 14.6 Å². The lowest BCUT2D eigenvalue weighted by atomic mass is 9.86. The maximum atomic E-state index is 13.7. The zero-order chi connectivity index (χ0) is 36.9. The second-order valence-electron chi connectivity index (χ2n) is 13.6. The molecule has 2 aromatic carbocycles. The molecule has 8 rings (SSSR count). The Labute approximate surface area is 315 Å². The van der Waals surface area contributed by atoms with Crippen molar-refractivity contribution >= 4 is 41.1 Å². The number of ether oxygens (including phenoxy) is 4. The van der Waals surface area contributed by atoms with Gasteiger partial charge in [-0.05, 0) is 104 Å². The minimum Gasteiger partial charge on any atom is -0.489 e. The number of aromatic nitrogens is 2. The molecule has 53 heavy (non-hydrogen) atoms. The van der Waals surface area contributed by atoms with E-state index in [2.05, 4.69) is 14.9 Å². The first-order valence-electron chi connectivity index (χ1n) is 17.6. The SMILES string of the molecule is O=C(O[C@@H](Cc1c(Cl)cncc1Cl)c1ccc(OC(F)F)c(OCC2CC2)c1)c1ccc(CN(C(=O)O[C@H]2CN3CCC2CC3)c2ccccn2)cc1. The van der Waals surface area contributed by atoms with E-state index < -0.39 is 24.8 Å². The van der Waals surface area contributed by atoms with Crippen molar-refractivity contribution in [2.45, 2.75) is 57.5 Å². The van der Waals surface area contributed by atoms with Gasteiger partial charge >= 0.3 is 18.7 Å². The molecule has 10 nitrogen and oxygen atoms in total. The minimum atomic E-state index is -3.05. The molecule has 2 aromatic heterocycles. The molecule has 0 radical (unpaired) electrons. The average molecular weight is 768 g/mol. The first-order chi connectivity index (χ1) is 25.7. The molecule has 0 N–H and O–H groups in total. The summed E-state index contributed by atoms with van der Waals surface area (Å²) in [7, 11) is 0. The fourth-order valence-electron chi connectivity index (χ4n) is 6.69. The molecule has 4 aromatic rings. The van der Waals surface area contributed by atoms with Crippen LogP contribution in [0.25, 0.3) is 0 Å². The van der Waals surface area contributed by atoms with Gasteiger partial charge in [0.1, 0.15) is 18.0 Å². The number of hydrogen-bond acceptors (Lipinski definition) is 9. The van der Waals surface area contributed by atoms with E-state index >= 15 is 0 Å². The van der Waals surface area contributed by atoms with E-state index in [0.717, 1.165) is 50.9 Å². The summed E-state index contributed by atoms with van der Waals surface area (Å²) < 4.78 is 49.2. The number of pyridine rings is 2. The Morgan fingerprint density at radius 1 is 0.943 bits per heavy atom. The number of hydrogen-bond donors (Lipinski definition) is 0. The van der Waals surface area contributed by atoms with Gasteiger partial charge in [0.15, 0.2) is 11.5 Å². The number of fused-ring (bicyclic) bond motifs is 3. The molecule has 4 aliphatic rings. The number of nitrogens with zero attached hydrogens (tertiary/aromatic N) is 4. The fraction of sp³-hybridized carbons (Fsp3) is 0.385. The van der Waals surface area contributed by atoms with Crippen molar-refractivity contribution in [3.05, 3.63) is 112 Å². The Hall–Kier alpha value is -4.52. The number of benzene rings is 2. The standard InChI is InChI=1S/C39H38Cl2F2N4O6/c40-30-19-44-20-31(41)29(30)18-33(28-10-11-32(52-38(42)43)34(17-28)50-23-25-4-5-25)51-37(48)27-8-6-24(7-9-27)21-47(36-3-1-2-14-45-36)39(49)53-35-22-46-15-12-26(35)13-16-46/h1-3,6-11,14,17,19-20,25-26,33,35,38H,4-5,12-13,15-16,18,21-23H2/t33-,35-/m0/s1. The van der Waals surface area contributed by atoms with Crippen molar-refractivity contribution in [3.8, 4) is 11.5 Å². The van der Waals surface area contributed by atoms with Crippen molar-refractivity contribution in [1.29, 1.82) is 0 Å². The van der Waals surface area contributed by atoms with Gasteiger partial charge in [-0.2, -0.15) is 8.78 Å². The Balaban J connectivity index is 1.10. The van der Waals surface area contributed by atoms with Gasteiger partial charge in [0, 0.05) is 31.6 Å². The number of piperidine rings is 3. The van der Waals surface area contributed by atoms with Crippen LogP contribution in [0.4, 0.5) is 19.4 Å². The normalized spacial score (nSPS) is 19.8. The Bertz CT molecular complexity index is 1870. The fourth-order valence-corrected chi connectivity index (χ4v) is 7.20. The summed E-state index contributed by atoms with van der Waals surface area (Å²) in [5.74, 6) is 0.466. The van der Waals surface area contributed by atoms with E-state index in [1.807, 2.05) is 0 Å². The highest BCUT2D eigenvalue weighted by atomic mass is 35.5. The van der Waals surface area contributed by atoms with Crippen molar-refractivity contribution in [2.24, 2.45) is 11.8 Å². The topological polar surface area (TPSA) is 103 Å². The van der Waals surface area contributed by atoms with Crippen LogP contribution in [-0.2, 0) is 22.4 Å². The first kappa shape index (κ1) is 36.8. The molecule has 1 aliphatic carbocycles. The summed E-state index contributed by atoms with van der Waals surface area (Å²) in [5.41, 5.74) is 1.92. The van der Waals surface area contributed by atoms with Crippen LogP contribution in [0.15, 0.2) is 79.3 Å². The number of esters is 1. The van der Waals surface area contributed by atoms with Gasteiger partial charge in [0.25, 0.3) is 0 Å². The highest BCUT2D eigenvalue weighted by Crippen LogP contribution is 2.38. The zero-order valence-electron chi connectivity index (χ0n) is 28.7. The van der Waals surface area contributed by atoms with Gasteiger partial charge in [-0.15, -0.1) is 0 Å². The summed E-state index contributed by atoms with van der Waals surface area (Å²) in [6, 6.07) is 16.5. The van der Waals surface area contributed by atoms with E-state index in [-0.39, 0.29) is 46.2 Å². The molecule has 2 bridgehead atoms. The molecule has 0 unspecified atom stereocenters. The molecular weight excluding hydrogens is 729 g/mol. The first-order valence-corrected chi connectivity index (χ1v) is 18.4. The van der Waals surface area contributed by atoms with E-state index in [0.29, 0.717) is 35.4 Å². The number of halogens is 4. The van der Waals surface area contributed by atoms with Crippen LogP contribution >= 0.6 is 23.2 Å². The summed E-state index contributed by atoms with van der Waals surface area (Å²) in [4.78, 5) is 39.5. The van der Waals surface area contributed by atoms with E-state index in [1.165, 1.54) is 35.5 Å². The van der Waals surface area contributed by atoms with Crippen LogP contribution in [-0.4, -0.2) is 65.9 Å². The predicted molar refractivity (Wildman–Crippen MR) is 194 cm³/mol. The number of amides is 1. The highest BCUT2D eigenvalue weighted by Gasteiger charge is 2.37. The van der Waals surface area contributed by atoms with Gasteiger partial charge in [0.05, 0.1) is 28.8 Å². The van der Waals surface area contributed by atoms with Crippen molar-refractivity contribution in [2.75, 3.05) is 31.1 Å². The third-order valence-corrected chi connectivity index (χ3v) is 10.5. The van der Waals surface area contributed by atoms with Crippen LogP contribution in [0.2, 0.25) is 10.0 Å². The smallest absolute Gasteiger partial charge is 0.416 e. The van der Waals surface area contributed by atoms with Crippen LogP contribution in [0.5, 0.6) is 11.5 Å². The third-order valence-electron chi connectivity index (χ3n) is 9.84. The number of carbonyl (C=O) groups is 2. The second kappa shape index (κ2) is 16.7. The van der Waals surface area contributed by atoms with Gasteiger partial charge < -0.3 is 18.9 Å². The van der Waals surface area contributed by atoms with Crippen molar-refractivity contribution < 1.29 is 37.3 Å². The second-order valence-corrected chi connectivity index (χ2v) is 14.4. The molecule has 5 heterocycles. The third kappa shape index (κ3) is 9.35. The van der Waals surface area contributed by atoms with E-state index in [1.54, 1.807) is 48.7 Å². The maximum absolute atomic E-state index is 13.7. The lowest BCUT2D eigenvalue weighted by Crippen LogP contribution is -2.53. The largest absolute Gasteiger partial charge is 0.489 e. The van der Waals surface area contributed by atoms with Crippen LogP contribution in [0.1, 0.15) is 58.8 Å². The number of alkyl halides is 2. The molecule has 3 aliphatic heterocycles. The zero-order valence-corrected chi connectivity index (χ0v) is 30.2. The molecule has 278 valence electrons. The lowest BCUT2D eigenvalue weighted by Gasteiger charge is -2.44. The molecule has 2 atom stereocenters. The average Bonchev–Trinajstić information content (AvgIpc) is 4.00. The highest BCUT2D eigenvalue weighted by molar-refractivity contribution is 6.35. The monoisotopic (exact) mass is 766 g/mol. The van der Waals surface area contributed by atoms with Crippen LogP contribution in [0.3, 0.4) is 0 Å². The molecule has 0 spiro atoms. The number of carbonyl (C=O) groups excluding carboxylic acids is 2. The molecular formula is C39H38Cl2F2N4O6. The van der Waals surface area contributed by atoms with Crippen molar-refractivity contribution in [3.63, 3.8) is 0 Å². The summed E-state index contributed by atoms with van der Waals surface area (Å²) in [5, 5.41) is 0.547. The molecule has 14 heteroatoms. The van der Waals surface area contributed by atoms with Crippen LogP contribution < -0.4 is 14.4 Å². The van der Waals surface area contributed by atoms with E-state index in [9.17, 15) is 18.4 Å². The Morgan fingerprint density at radius 3 is 2.34 bits per heavy atom.